The van der Waals surface area contributed by atoms with Crippen LogP contribution in [0, 0.1) is 13.8 Å². The summed E-state index contributed by atoms with van der Waals surface area (Å²) in [6, 6.07) is 9.54. The van der Waals surface area contributed by atoms with E-state index in [4.69, 9.17) is 9.47 Å². The Kier molecular flexibility index (Phi) is 3.61. The number of thiazole rings is 1. The zero-order valence-electron chi connectivity index (χ0n) is 13.4. The maximum Gasteiger partial charge on any atom is 0.257 e. The molecule has 0 spiro atoms. The molecule has 2 heterocycles. The molecule has 1 amide bonds. The van der Waals surface area contributed by atoms with Gasteiger partial charge in [0.1, 0.15) is 13.2 Å². The highest BCUT2D eigenvalue weighted by Crippen LogP contribution is 2.37. The minimum absolute atomic E-state index is 0.149. The molecule has 3 aromatic rings. The van der Waals surface area contributed by atoms with E-state index >= 15 is 0 Å². The third-order valence-electron chi connectivity index (χ3n) is 3.90. The van der Waals surface area contributed by atoms with Gasteiger partial charge in [0, 0.05) is 17.7 Å². The van der Waals surface area contributed by atoms with E-state index in [2.05, 4.69) is 10.3 Å². The van der Waals surface area contributed by atoms with Crippen LogP contribution in [0.1, 0.15) is 21.5 Å². The molecule has 0 unspecified atom stereocenters. The Morgan fingerprint density at radius 1 is 1.12 bits per heavy atom. The molecular formula is C18H16N2O3S. The van der Waals surface area contributed by atoms with Crippen LogP contribution in [-0.2, 0) is 0 Å². The van der Waals surface area contributed by atoms with Crippen molar-refractivity contribution in [2.24, 2.45) is 0 Å². The van der Waals surface area contributed by atoms with Crippen LogP contribution in [-0.4, -0.2) is 24.1 Å². The molecule has 0 fully saturated rings. The summed E-state index contributed by atoms with van der Waals surface area (Å²) in [5, 5.41) is 3.45. The quantitative estimate of drug-likeness (QED) is 0.768. The smallest absolute Gasteiger partial charge is 0.257 e. The van der Waals surface area contributed by atoms with Gasteiger partial charge in [-0.25, -0.2) is 4.98 Å². The summed E-state index contributed by atoms with van der Waals surface area (Å²) in [5.74, 6) is 1.28. The van der Waals surface area contributed by atoms with Crippen molar-refractivity contribution in [3.8, 4) is 11.5 Å². The fraction of sp³-hybridized carbons (Fsp3) is 0.222. The van der Waals surface area contributed by atoms with Gasteiger partial charge in [0.05, 0.1) is 10.2 Å². The molecule has 0 saturated carbocycles. The van der Waals surface area contributed by atoms with E-state index in [-0.39, 0.29) is 5.91 Å². The number of nitrogens with zero attached hydrogens (tertiary/aromatic N) is 1. The predicted octanol–water partition coefficient (Wildman–Crippen LogP) is 3.94. The Morgan fingerprint density at radius 3 is 2.62 bits per heavy atom. The number of amides is 1. The third-order valence-corrected chi connectivity index (χ3v) is 4.83. The Hall–Kier alpha value is -2.60. The van der Waals surface area contributed by atoms with Gasteiger partial charge in [-0.15, -0.1) is 0 Å². The van der Waals surface area contributed by atoms with Crippen LogP contribution in [0.3, 0.4) is 0 Å². The number of carbonyl (C=O) groups excluding carboxylic acids is 1. The first-order valence-corrected chi connectivity index (χ1v) is 8.50. The SMILES string of the molecule is Cc1ccc(C(=O)Nc2nc3cc4c(cc3s2)OCCO4)c(C)c1. The monoisotopic (exact) mass is 340 g/mol. The van der Waals surface area contributed by atoms with Crippen LogP contribution in [0.15, 0.2) is 30.3 Å². The second-order valence-electron chi connectivity index (χ2n) is 5.76. The number of benzene rings is 2. The molecule has 0 bridgehead atoms. The van der Waals surface area contributed by atoms with Crippen molar-refractivity contribution in [2.45, 2.75) is 13.8 Å². The van der Waals surface area contributed by atoms with Crippen LogP contribution in [0.5, 0.6) is 11.5 Å². The van der Waals surface area contributed by atoms with Gasteiger partial charge in [0.15, 0.2) is 16.6 Å². The molecule has 0 atom stereocenters. The molecule has 1 aliphatic rings. The lowest BCUT2D eigenvalue weighted by Crippen LogP contribution is -2.15. The number of aromatic nitrogens is 1. The number of carbonyl (C=O) groups is 1. The zero-order valence-corrected chi connectivity index (χ0v) is 14.2. The Morgan fingerprint density at radius 2 is 1.88 bits per heavy atom. The fourth-order valence-electron chi connectivity index (χ4n) is 2.75. The highest BCUT2D eigenvalue weighted by Gasteiger charge is 2.17. The van der Waals surface area contributed by atoms with Crippen molar-refractivity contribution in [1.29, 1.82) is 0 Å². The third kappa shape index (κ3) is 2.69. The molecule has 2 aromatic carbocycles. The molecular weight excluding hydrogens is 324 g/mol. The van der Waals surface area contributed by atoms with Gasteiger partial charge >= 0.3 is 0 Å². The normalized spacial score (nSPS) is 13.1. The van der Waals surface area contributed by atoms with Crippen molar-refractivity contribution in [2.75, 3.05) is 18.5 Å². The predicted molar refractivity (Wildman–Crippen MR) is 94.5 cm³/mol. The van der Waals surface area contributed by atoms with E-state index in [0.29, 0.717) is 29.7 Å². The molecule has 6 heteroatoms. The van der Waals surface area contributed by atoms with Crippen molar-refractivity contribution in [3.05, 3.63) is 47.0 Å². The highest BCUT2D eigenvalue weighted by molar-refractivity contribution is 7.22. The fourth-order valence-corrected chi connectivity index (χ4v) is 3.62. The molecule has 1 aromatic heterocycles. The summed E-state index contributed by atoms with van der Waals surface area (Å²) < 4.78 is 12.1. The number of anilines is 1. The first-order chi connectivity index (χ1) is 11.6. The van der Waals surface area contributed by atoms with Gasteiger partial charge in [0.25, 0.3) is 5.91 Å². The summed E-state index contributed by atoms with van der Waals surface area (Å²) in [7, 11) is 0. The molecule has 1 aliphatic heterocycles. The van der Waals surface area contributed by atoms with Crippen LogP contribution in [0.4, 0.5) is 5.13 Å². The average Bonchev–Trinajstić information content (AvgIpc) is 2.93. The number of fused-ring (bicyclic) bond motifs is 2. The standard InChI is InChI=1S/C18H16N2O3S/c1-10-3-4-12(11(2)7-10)17(21)20-18-19-13-8-14-15(9-16(13)24-18)23-6-5-22-14/h3-4,7-9H,5-6H2,1-2H3,(H,19,20,21). The largest absolute Gasteiger partial charge is 0.486 e. The van der Waals surface area contributed by atoms with Gasteiger partial charge in [-0.05, 0) is 25.5 Å². The first-order valence-electron chi connectivity index (χ1n) is 7.69. The average molecular weight is 340 g/mol. The van der Waals surface area contributed by atoms with E-state index in [1.165, 1.54) is 11.3 Å². The van der Waals surface area contributed by atoms with Crippen LogP contribution < -0.4 is 14.8 Å². The summed E-state index contributed by atoms with van der Waals surface area (Å²) in [6.07, 6.45) is 0. The van der Waals surface area contributed by atoms with Crippen molar-refractivity contribution in [1.82, 2.24) is 4.98 Å². The Balaban J connectivity index is 1.63. The molecule has 122 valence electrons. The maximum absolute atomic E-state index is 12.5. The number of hydrogen-bond acceptors (Lipinski definition) is 5. The Bertz CT molecular complexity index is 906. The van der Waals surface area contributed by atoms with Crippen molar-refractivity contribution >= 4 is 32.6 Å². The number of rotatable bonds is 2. The van der Waals surface area contributed by atoms with E-state index in [0.717, 1.165) is 27.1 Å². The minimum Gasteiger partial charge on any atom is -0.486 e. The van der Waals surface area contributed by atoms with E-state index in [1.807, 2.05) is 44.2 Å². The second-order valence-corrected chi connectivity index (χ2v) is 6.79. The topological polar surface area (TPSA) is 60.5 Å². The minimum atomic E-state index is -0.149. The van der Waals surface area contributed by atoms with Gasteiger partial charge in [-0.2, -0.15) is 0 Å². The first kappa shape index (κ1) is 15.0. The second kappa shape index (κ2) is 5.79. The van der Waals surface area contributed by atoms with E-state index in [9.17, 15) is 4.79 Å². The number of ether oxygens (including phenoxy) is 2. The molecule has 0 radical (unpaired) electrons. The van der Waals surface area contributed by atoms with Gasteiger partial charge < -0.3 is 9.47 Å². The summed E-state index contributed by atoms with van der Waals surface area (Å²) >= 11 is 1.42. The van der Waals surface area contributed by atoms with Gasteiger partial charge in [-0.3, -0.25) is 10.1 Å². The molecule has 5 nitrogen and oxygen atoms in total. The number of aryl methyl sites for hydroxylation is 2. The van der Waals surface area contributed by atoms with Crippen molar-refractivity contribution < 1.29 is 14.3 Å². The number of nitrogens with one attached hydrogen (secondary N) is 1. The maximum atomic E-state index is 12.5. The molecule has 0 aliphatic carbocycles. The lowest BCUT2D eigenvalue weighted by molar-refractivity contribution is 0.102. The van der Waals surface area contributed by atoms with Crippen molar-refractivity contribution in [3.63, 3.8) is 0 Å². The molecule has 1 N–H and O–H groups in total. The van der Waals surface area contributed by atoms with E-state index in [1.54, 1.807) is 0 Å². The lowest BCUT2D eigenvalue weighted by Gasteiger charge is -2.17. The van der Waals surface area contributed by atoms with Gasteiger partial charge in [-0.1, -0.05) is 29.0 Å². The van der Waals surface area contributed by atoms with Gasteiger partial charge in [0.2, 0.25) is 0 Å². The molecule has 24 heavy (non-hydrogen) atoms. The highest BCUT2D eigenvalue weighted by atomic mass is 32.1. The van der Waals surface area contributed by atoms with Crippen LogP contribution in [0.2, 0.25) is 0 Å². The summed E-state index contributed by atoms with van der Waals surface area (Å²) in [5.41, 5.74) is 3.53. The van der Waals surface area contributed by atoms with Crippen LogP contribution >= 0.6 is 11.3 Å². The lowest BCUT2D eigenvalue weighted by atomic mass is 10.1. The zero-order chi connectivity index (χ0) is 16.7. The van der Waals surface area contributed by atoms with Crippen LogP contribution in [0.25, 0.3) is 10.2 Å². The van der Waals surface area contributed by atoms with E-state index < -0.39 is 0 Å². The molecule has 0 saturated heterocycles. The Labute approximate surface area is 143 Å². The molecule has 4 rings (SSSR count). The number of hydrogen-bond donors (Lipinski definition) is 1. The summed E-state index contributed by atoms with van der Waals surface area (Å²) in [6.45, 7) is 5.03. The summed E-state index contributed by atoms with van der Waals surface area (Å²) in [4.78, 5) is 17.0.